The van der Waals surface area contributed by atoms with Crippen molar-refractivity contribution in [2.24, 2.45) is 0 Å². The summed E-state index contributed by atoms with van der Waals surface area (Å²) >= 11 is 1.65. The summed E-state index contributed by atoms with van der Waals surface area (Å²) in [6.45, 7) is 1.18. The molecule has 1 amide bonds. The maximum atomic E-state index is 12.1. The van der Waals surface area contributed by atoms with Gasteiger partial charge in [-0.1, -0.05) is 18.2 Å². The van der Waals surface area contributed by atoms with Gasteiger partial charge in [-0.05, 0) is 23.6 Å². The molecular weight excluding hydrogens is 322 g/mol. The molecule has 0 saturated carbocycles. The summed E-state index contributed by atoms with van der Waals surface area (Å²) in [6, 6.07) is 11.6. The van der Waals surface area contributed by atoms with E-state index in [-0.39, 0.29) is 5.91 Å². The van der Waals surface area contributed by atoms with Gasteiger partial charge in [-0.25, -0.2) is 0 Å². The highest BCUT2D eigenvalue weighted by Gasteiger charge is 2.08. The Kier molecular flexibility index (Phi) is 5.28. The van der Waals surface area contributed by atoms with E-state index in [0.717, 1.165) is 22.6 Å². The number of ether oxygens (including phenoxy) is 1. The molecule has 0 spiro atoms. The lowest BCUT2D eigenvalue weighted by Crippen LogP contribution is -2.28. The zero-order chi connectivity index (χ0) is 16.8. The molecule has 0 fully saturated rings. The van der Waals surface area contributed by atoms with E-state index >= 15 is 0 Å². The van der Waals surface area contributed by atoms with Gasteiger partial charge in [0.2, 0.25) is 5.91 Å². The molecule has 3 rings (SSSR count). The van der Waals surface area contributed by atoms with Crippen LogP contribution in [0.2, 0.25) is 0 Å². The minimum Gasteiger partial charge on any atom is -0.496 e. The molecule has 0 atom stereocenters. The molecule has 0 aliphatic heterocycles. The molecule has 1 aromatic carbocycles. The topological polar surface area (TPSA) is 56.1 Å². The summed E-state index contributed by atoms with van der Waals surface area (Å²) in [7, 11) is 1.61. The summed E-state index contributed by atoms with van der Waals surface area (Å²) in [5, 5.41) is 11.5. The summed E-state index contributed by atoms with van der Waals surface area (Å²) in [5.41, 5.74) is 2.96. The summed E-state index contributed by atoms with van der Waals surface area (Å²) in [5.74, 6) is 0.713. The van der Waals surface area contributed by atoms with Crippen LogP contribution in [0.1, 0.15) is 5.56 Å². The van der Waals surface area contributed by atoms with Gasteiger partial charge in [-0.2, -0.15) is 16.4 Å². The van der Waals surface area contributed by atoms with Crippen molar-refractivity contribution in [1.29, 1.82) is 0 Å². The summed E-state index contributed by atoms with van der Waals surface area (Å²) in [4.78, 5) is 12.1. The maximum absolute atomic E-state index is 12.1. The van der Waals surface area contributed by atoms with Gasteiger partial charge < -0.3 is 10.1 Å². The third-order valence-electron chi connectivity index (χ3n) is 3.66. The molecule has 0 saturated heterocycles. The molecule has 124 valence electrons. The van der Waals surface area contributed by atoms with Gasteiger partial charge in [-0.15, -0.1) is 0 Å². The van der Waals surface area contributed by atoms with E-state index in [0.29, 0.717) is 19.5 Å². The van der Waals surface area contributed by atoms with Crippen molar-refractivity contribution in [3.05, 3.63) is 58.9 Å². The molecular formula is C18H19N3O2S. The fraction of sp³-hybridized carbons (Fsp3) is 0.222. The predicted molar refractivity (Wildman–Crippen MR) is 95.2 cm³/mol. The minimum absolute atomic E-state index is 0.0234. The Morgan fingerprint density at radius 2 is 2.17 bits per heavy atom. The number of aromatic nitrogens is 2. The second-order valence-corrected chi connectivity index (χ2v) is 6.09. The van der Waals surface area contributed by atoms with Crippen LogP contribution in [0.15, 0.2) is 53.4 Å². The lowest BCUT2D eigenvalue weighted by Gasteiger charge is -2.09. The van der Waals surface area contributed by atoms with E-state index in [2.05, 4.69) is 15.8 Å². The SMILES string of the molecule is COc1ccccc1CC(=O)NCCn1ccc(-c2ccsc2)n1. The Morgan fingerprint density at radius 3 is 2.96 bits per heavy atom. The fourth-order valence-corrected chi connectivity index (χ4v) is 3.09. The number of hydrogen-bond donors (Lipinski definition) is 1. The van der Waals surface area contributed by atoms with Crippen LogP contribution in [-0.2, 0) is 17.8 Å². The smallest absolute Gasteiger partial charge is 0.224 e. The van der Waals surface area contributed by atoms with Gasteiger partial charge in [0, 0.05) is 29.2 Å². The first-order valence-corrected chi connectivity index (χ1v) is 8.65. The first-order valence-electron chi connectivity index (χ1n) is 7.71. The monoisotopic (exact) mass is 341 g/mol. The first kappa shape index (κ1) is 16.3. The van der Waals surface area contributed by atoms with Gasteiger partial charge in [-0.3, -0.25) is 9.48 Å². The third kappa shape index (κ3) is 4.02. The molecule has 0 aliphatic carbocycles. The summed E-state index contributed by atoms with van der Waals surface area (Å²) in [6.07, 6.45) is 2.24. The highest BCUT2D eigenvalue weighted by atomic mass is 32.1. The van der Waals surface area contributed by atoms with Gasteiger partial charge in [0.1, 0.15) is 5.75 Å². The van der Waals surface area contributed by atoms with Crippen LogP contribution >= 0.6 is 11.3 Å². The fourth-order valence-electron chi connectivity index (χ4n) is 2.44. The second-order valence-electron chi connectivity index (χ2n) is 5.31. The Morgan fingerprint density at radius 1 is 1.29 bits per heavy atom. The highest BCUT2D eigenvalue weighted by molar-refractivity contribution is 7.08. The predicted octanol–water partition coefficient (Wildman–Crippen LogP) is 2.98. The van der Waals surface area contributed by atoms with E-state index in [1.807, 2.05) is 52.7 Å². The normalized spacial score (nSPS) is 10.5. The lowest BCUT2D eigenvalue weighted by molar-refractivity contribution is -0.120. The maximum Gasteiger partial charge on any atom is 0.224 e. The van der Waals surface area contributed by atoms with Crippen molar-refractivity contribution >= 4 is 17.2 Å². The van der Waals surface area contributed by atoms with Crippen LogP contribution in [0.5, 0.6) is 5.75 Å². The van der Waals surface area contributed by atoms with Crippen LogP contribution in [-0.4, -0.2) is 29.3 Å². The zero-order valence-electron chi connectivity index (χ0n) is 13.4. The van der Waals surface area contributed by atoms with Crippen molar-refractivity contribution in [3.63, 3.8) is 0 Å². The Hall–Kier alpha value is -2.60. The summed E-state index contributed by atoms with van der Waals surface area (Å²) < 4.78 is 7.11. The number of methoxy groups -OCH3 is 1. The number of nitrogens with one attached hydrogen (secondary N) is 1. The Bertz CT molecular complexity index is 796. The number of hydrogen-bond acceptors (Lipinski definition) is 4. The van der Waals surface area contributed by atoms with Crippen molar-refractivity contribution < 1.29 is 9.53 Å². The van der Waals surface area contributed by atoms with Crippen LogP contribution in [0.3, 0.4) is 0 Å². The van der Waals surface area contributed by atoms with Crippen molar-refractivity contribution in [2.45, 2.75) is 13.0 Å². The van der Waals surface area contributed by atoms with Crippen LogP contribution in [0.25, 0.3) is 11.3 Å². The molecule has 0 unspecified atom stereocenters. The number of benzene rings is 1. The molecule has 2 aromatic heterocycles. The number of carbonyl (C=O) groups is 1. The molecule has 24 heavy (non-hydrogen) atoms. The van der Waals surface area contributed by atoms with E-state index in [1.54, 1.807) is 18.4 Å². The average Bonchev–Trinajstić information content (AvgIpc) is 3.26. The van der Waals surface area contributed by atoms with Crippen molar-refractivity contribution in [1.82, 2.24) is 15.1 Å². The largest absolute Gasteiger partial charge is 0.496 e. The van der Waals surface area contributed by atoms with Crippen LogP contribution < -0.4 is 10.1 Å². The molecule has 6 heteroatoms. The Labute approximate surface area is 144 Å². The molecule has 0 bridgehead atoms. The number of para-hydroxylation sites is 1. The standard InChI is InChI=1S/C18H19N3O2S/c1-23-17-5-3-2-4-14(17)12-18(22)19-8-10-21-9-6-16(20-21)15-7-11-24-13-15/h2-7,9,11,13H,8,10,12H2,1H3,(H,19,22). The average molecular weight is 341 g/mol. The van der Waals surface area contributed by atoms with E-state index in [1.165, 1.54) is 0 Å². The minimum atomic E-state index is -0.0234. The van der Waals surface area contributed by atoms with Gasteiger partial charge >= 0.3 is 0 Å². The Balaban J connectivity index is 1.49. The van der Waals surface area contributed by atoms with Gasteiger partial charge in [0.15, 0.2) is 0 Å². The van der Waals surface area contributed by atoms with Gasteiger partial charge in [0.05, 0.1) is 25.8 Å². The first-order chi connectivity index (χ1) is 11.8. The molecule has 3 aromatic rings. The molecule has 0 radical (unpaired) electrons. The quantitative estimate of drug-likeness (QED) is 0.719. The molecule has 0 aliphatic rings. The third-order valence-corrected chi connectivity index (χ3v) is 4.35. The number of thiophene rings is 1. The number of amides is 1. The number of nitrogens with zero attached hydrogens (tertiary/aromatic N) is 2. The molecule has 2 heterocycles. The molecule has 1 N–H and O–H groups in total. The van der Waals surface area contributed by atoms with E-state index < -0.39 is 0 Å². The van der Waals surface area contributed by atoms with Gasteiger partial charge in [0.25, 0.3) is 0 Å². The van der Waals surface area contributed by atoms with E-state index in [9.17, 15) is 4.79 Å². The number of carbonyl (C=O) groups excluding carboxylic acids is 1. The lowest BCUT2D eigenvalue weighted by atomic mass is 10.1. The zero-order valence-corrected chi connectivity index (χ0v) is 14.3. The highest BCUT2D eigenvalue weighted by Crippen LogP contribution is 2.19. The van der Waals surface area contributed by atoms with Crippen molar-refractivity contribution in [3.8, 4) is 17.0 Å². The second kappa shape index (κ2) is 7.79. The van der Waals surface area contributed by atoms with E-state index in [4.69, 9.17) is 4.74 Å². The van der Waals surface area contributed by atoms with Crippen LogP contribution in [0.4, 0.5) is 0 Å². The van der Waals surface area contributed by atoms with Crippen molar-refractivity contribution in [2.75, 3.05) is 13.7 Å². The molecule has 5 nitrogen and oxygen atoms in total. The van der Waals surface area contributed by atoms with Crippen LogP contribution in [0, 0.1) is 0 Å². The number of rotatable bonds is 7.